The number of nitrogens with zero attached hydrogens (tertiary/aromatic N) is 1. The van der Waals surface area contributed by atoms with Crippen molar-refractivity contribution in [1.82, 2.24) is 4.90 Å². The highest BCUT2D eigenvalue weighted by molar-refractivity contribution is 6.31. The van der Waals surface area contributed by atoms with Crippen molar-refractivity contribution in [3.63, 3.8) is 0 Å². The maximum absolute atomic E-state index is 11.8. The Morgan fingerprint density at radius 2 is 2.06 bits per heavy atom. The van der Waals surface area contributed by atoms with Gasteiger partial charge in [-0.25, -0.2) is 9.59 Å². The van der Waals surface area contributed by atoms with Crippen molar-refractivity contribution in [2.45, 2.75) is 18.9 Å². The number of carbonyl (C=O) groups is 2. The van der Waals surface area contributed by atoms with Gasteiger partial charge in [-0.15, -0.1) is 0 Å². The van der Waals surface area contributed by atoms with Crippen LogP contribution in [-0.2, 0) is 0 Å². The van der Waals surface area contributed by atoms with E-state index in [1.54, 1.807) is 11.9 Å². The molecular formula is C12H13ClN2O3. The van der Waals surface area contributed by atoms with Crippen LogP contribution in [0.5, 0.6) is 0 Å². The number of urea groups is 1. The lowest BCUT2D eigenvalue weighted by Crippen LogP contribution is -2.33. The molecule has 2 rings (SSSR count). The summed E-state index contributed by atoms with van der Waals surface area (Å²) in [4.78, 5) is 24.3. The molecule has 1 aromatic rings. The van der Waals surface area contributed by atoms with E-state index in [0.29, 0.717) is 11.7 Å². The molecule has 6 heteroatoms. The average molecular weight is 269 g/mol. The Morgan fingerprint density at radius 1 is 1.39 bits per heavy atom. The second kappa shape index (κ2) is 4.86. The largest absolute Gasteiger partial charge is 0.478 e. The van der Waals surface area contributed by atoms with E-state index < -0.39 is 5.97 Å². The number of nitrogens with one attached hydrogen (secondary N) is 1. The first-order chi connectivity index (χ1) is 8.47. The van der Waals surface area contributed by atoms with E-state index in [2.05, 4.69) is 5.32 Å². The van der Waals surface area contributed by atoms with E-state index in [0.717, 1.165) is 12.8 Å². The average Bonchev–Trinajstić information content (AvgIpc) is 3.10. The molecule has 5 nitrogen and oxygen atoms in total. The molecule has 0 bridgehead atoms. The molecule has 0 saturated heterocycles. The van der Waals surface area contributed by atoms with Crippen molar-refractivity contribution in [1.29, 1.82) is 0 Å². The van der Waals surface area contributed by atoms with E-state index in [9.17, 15) is 9.59 Å². The third kappa shape index (κ3) is 2.92. The maximum Gasteiger partial charge on any atom is 0.335 e. The predicted molar refractivity (Wildman–Crippen MR) is 68.2 cm³/mol. The van der Waals surface area contributed by atoms with Gasteiger partial charge in [0.1, 0.15) is 0 Å². The highest BCUT2D eigenvalue weighted by Gasteiger charge is 2.29. The van der Waals surface area contributed by atoms with Crippen LogP contribution in [0.4, 0.5) is 10.5 Å². The molecule has 0 radical (unpaired) electrons. The van der Waals surface area contributed by atoms with Gasteiger partial charge in [0, 0.05) is 23.8 Å². The number of hydrogen-bond donors (Lipinski definition) is 2. The Balaban J connectivity index is 2.12. The fraction of sp³-hybridized carbons (Fsp3) is 0.333. The Morgan fingerprint density at radius 3 is 2.61 bits per heavy atom. The summed E-state index contributed by atoms with van der Waals surface area (Å²) >= 11 is 5.80. The van der Waals surface area contributed by atoms with Crippen molar-refractivity contribution < 1.29 is 14.7 Å². The maximum atomic E-state index is 11.8. The third-order valence-electron chi connectivity index (χ3n) is 2.81. The first-order valence-electron chi connectivity index (χ1n) is 5.55. The summed E-state index contributed by atoms with van der Waals surface area (Å²) in [5.41, 5.74) is 0.435. The van der Waals surface area contributed by atoms with Crippen LogP contribution in [0.1, 0.15) is 23.2 Å². The molecule has 0 aliphatic heterocycles. The normalized spacial score (nSPS) is 14.1. The summed E-state index contributed by atoms with van der Waals surface area (Å²) in [5.74, 6) is -1.08. The number of aromatic carboxylic acids is 1. The summed E-state index contributed by atoms with van der Waals surface area (Å²) in [6.45, 7) is 0. The van der Waals surface area contributed by atoms with Gasteiger partial charge in [-0.05, 0) is 31.0 Å². The lowest BCUT2D eigenvalue weighted by atomic mass is 10.2. The SMILES string of the molecule is CN(C(=O)Nc1cc(Cl)cc(C(=O)O)c1)C1CC1. The van der Waals surface area contributed by atoms with Gasteiger partial charge in [0.05, 0.1) is 5.56 Å². The number of hydrogen-bond acceptors (Lipinski definition) is 2. The van der Waals surface area contributed by atoms with Crippen molar-refractivity contribution in [3.05, 3.63) is 28.8 Å². The van der Waals surface area contributed by atoms with Gasteiger partial charge in [0.15, 0.2) is 0 Å². The molecule has 1 aliphatic rings. The van der Waals surface area contributed by atoms with E-state index >= 15 is 0 Å². The van der Waals surface area contributed by atoms with E-state index in [1.807, 2.05) is 0 Å². The lowest BCUT2D eigenvalue weighted by molar-refractivity contribution is 0.0697. The summed E-state index contributed by atoms with van der Waals surface area (Å²) in [7, 11) is 1.72. The minimum atomic E-state index is -1.08. The number of carboxylic acids is 1. The molecule has 0 heterocycles. The molecule has 1 aromatic carbocycles. The molecule has 96 valence electrons. The first-order valence-corrected chi connectivity index (χ1v) is 5.93. The Bertz CT molecular complexity index is 500. The number of anilines is 1. The molecule has 0 unspecified atom stereocenters. The Labute approximate surface area is 109 Å². The molecule has 0 aromatic heterocycles. The van der Waals surface area contributed by atoms with Gasteiger partial charge >= 0.3 is 12.0 Å². The topological polar surface area (TPSA) is 69.6 Å². The van der Waals surface area contributed by atoms with Gasteiger partial charge < -0.3 is 15.3 Å². The van der Waals surface area contributed by atoms with Crippen LogP contribution in [0.2, 0.25) is 5.02 Å². The standard InChI is InChI=1S/C12H13ClN2O3/c1-15(10-2-3-10)12(18)14-9-5-7(11(16)17)4-8(13)6-9/h4-6,10H,2-3H2,1H3,(H,14,18)(H,16,17). The molecule has 2 amide bonds. The van der Waals surface area contributed by atoms with Crippen molar-refractivity contribution >= 4 is 29.3 Å². The second-order valence-corrected chi connectivity index (χ2v) is 4.74. The number of halogens is 1. The van der Waals surface area contributed by atoms with E-state index in [-0.39, 0.29) is 16.6 Å². The highest BCUT2D eigenvalue weighted by atomic mass is 35.5. The molecule has 1 saturated carbocycles. The number of carbonyl (C=O) groups excluding carboxylic acids is 1. The molecule has 0 atom stereocenters. The summed E-state index contributed by atoms with van der Waals surface area (Å²) in [6, 6.07) is 4.28. The zero-order valence-electron chi connectivity index (χ0n) is 9.81. The van der Waals surface area contributed by atoms with Crippen LogP contribution in [0.15, 0.2) is 18.2 Å². The van der Waals surface area contributed by atoms with Gasteiger partial charge in [-0.3, -0.25) is 0 Å². The van der Waals surface area contributed by atoms with Gasteiger partial charge in [-0.1, -0.05) is 11.6 Å². The fourth-order valence-electron chi connectivity index (χ4n) is 1.62. The second-order valence-electron chi connectivity index (χ2n) is 4.31. The summed E-state index contributed by atoms with van der Waals surface area (Å²) in [6.07, 6.45) is 2.03. The quantitative estimate of drug-likeness (QED) is 0.885. The number of amides is 2. The first kappa shape index (κ1) is 12.7. The molecule has 18 heavy (non-hydrogen) atoms. The third-order valence-corrected chi connectivity index (χ3v) is 3.03. The van der Waals surface area contributed by atoms with Crippen molar-refractivity contribution in [2.24, 2.45) is 0 Å². The molecule has 1 fully saturated rings. The fourth-order valence-corrected chi connectivity index (χ4v) is 1.86. The highest BCUT2D eigenvalue weighted by Crippen LogP contribution is 2.26. The van der Waals surface area contributed by atoms with E-state index in [1.165, 1.54) is 18.2 Å². The van der Waals surface area contributed by atoms with Gasteiger partial charge in [0.25, 0.3) is 0 Å². The molecule has 0 spiro atoms. The van der Waals surface area contributed by atoms with E-state index in [4.69, 9.17) is 16.7 Å². The van der Waals surface area contributed by atoms with Crippen molar-refractivity contribution in [3.8, 4) is 0 Å². The molecule has 2 N–H and O–H groups in total. The number of carboxylic acid groups (broad SMARTS) is 1. The van der Waals surface area contributed by atoms with Crippen LogP contribution in [0.25, 0.3) is 0 Å². The van der Waals surface area contributed by atoms with Crippen LogP contribution in [0.3, 0.4) is 0 Å². The minimum absolute atomic E-state index is 0.0480. The number of benzene rings is 1. The van der Waals surface area contributed by atoms with Crippen LogP contribution < -0.4 is 5.32 Å². The predicted octanol–water partition coefficient (Wildman–Crippen LogP) is 2.66. The molecular weight excluding hydrogens is 256 g/mol. The van der Waals surface area contributed by atoms with Crippen LogP contribution in [-0.4, -0.2) is 35.1 Å². The Kier molecular flexibility index (Phi) is 3.43. The number of rotatable bonds is 3. The monoisotopic (exact) mass is 268 g/mol. The van der Waals surface area contributed by atoms with Gasteiger partial charge in [0.2, 0.25) is 0 Å². The minimum Gasteiger partial charge on any atom is -0.478 e. The smallest absolute Gasteiger partial charge is 0.335 e. The summed E-state index contributed by atoms with van der Waals surface area (Å²) in [5, 5.41) is 11.8. The lowest BCUT2D eigenvalue weighted by Gasteiger charge is -2.17. The van der Waals surface area contributed by atoms with Gasteiger partial charge in [-0.2, -0.15) is 0 Å². The zero-order chi connectivity index (χ0) is 13.3. The Hall–Kier alpha value is -1.75. The zero-order valence-corrected chi connectivity index (χ0v) is 10.6. The van der Waals surface area contributed by atoms with Crippen molar-refractivity contribution in [2.75, 3.05) is 12.4 Å². The summed E-state index contributed by atoms with van der Waals surface area (Å²) < 4.78 is 0. The van der Waals surface area contributed by atoms with Crippen LogP contribution in [0, 0.1) is 0 Å². The van der Waals surface area contributed by atoms with Crippen LogP contribution >= 0.6 is 11.6 Å². The molecule has 1 aliphatic carbocycles.